The summed E-state index contributed by atoms with van der Waals surface area (Å²) in [5, 5.41) is 18.9. The van der Waals surface area contributed by atoms with Crippen molar-refractivity contribution in [2.75, 3.05) is 21.3 Å². The van der Waals surface area contributed by atoms with Crippen LogP contribution in [0.1, 0.15) is 11.1 Å². The molecule has 0 radical (unpaired) electrons. The molecular weight excluding hydrogens is 284 g/mol. The zero-order valence-electron chi connectivity index (χ0n) is 12.7. The SMILES string of the molecule is COc1cc(C=Cc2cc(O)cc(O)c2)cc(OC)c1OC. The number of phenols is 2. The Labute approximate surface area is 129 Å². The summed E-state index contributed by atoms with van der Waals surface area (Å²) in [5.41, 5.74) is 1.50. The van der Waals surface area contributed by atoms with Gasteiger partial charge in [-0.1, -0.05) is 12.2 Å². The molecule has 2 aromatic rings. The quantitative estimate of drug-likeness (QED) is 0.829. The Morgan fingerprint density at radius 3 is 1.55 bits per heavy atom. The molecule has 5 nitrogen and oxygen atoms in total. The lowest BCUT2D eigenvalue weighted by atomic mass is 10.1. The van der Waals surface area contributed by atoms with Crippen LogP contribution < -0.4 is 14.2 Å². The highest BCUT2D eigenvalue weighted by molar-refractivity contribution is 5.73. The van der Waals surface area contributed by atoms with Crippen molar-refractivity contribution in [3.8, 4) is 28.7 Å². The van der Waals surface area contributed by atoms with Crippen molar-refractivity contribution in [3.05, 3.63) is 41.5 Å². The molecule has 0 spiro atoms. The summed E-state index contributed by atoms with van der Waals surface area (Å²) >= 11 is 0. The van der Waals surface area contributed by atoms with Gasteiger partial charge in [-0.25, -0.2) is 0 Å². The Kier molecular flexibility index (Phi) is 4.78. The molecule has 0 saturated heterocycles. The molecule has 0 amide bonds. The van der Waals surface area contributed by atoms with Crippen LogP contribution >= 0.6 is 0 Å². The molecule has 2 N–H and O–H groups in total. The molecule has 0 aliphatic heterocycles. The standard InChI is InChI=1S/C17H18O5/c1-20-15-8-12(9-16(21-2)17(15)22-3)5-4-11-6-13(18)10-14(19)7-11/h4-10,18-19H,1-3H3. The van der Waals surface area contributed by atoms with Gasteiger partial charge in [0.05, 0.1) is 21.3 Å². The lowest BCUT2D eigenvalue weighted by Crippen LogP contribution is -1.95. The fraction of sp³-hybridized carbons (Fsp3) is 0.176. The van der Waals surface area contributed by atoms with Crippen molar-refractivity contribution in [2.45, 2.75) is 0 Å². The Bertz CT molecular complexity index is 646. The zero-order valence-corrected chi connectivity index (χ0v) is 12.7. The molecule has 0 atom stereocenters. The summed E-state index contributed by atoms with van der Waals surface area (Å²) < 4.78 is 15.8. The first-order valence-corrected chi connectivity index (χ1v) is 6.58. The molecule has 2 aromatic carbocycles. The van der Waals surface area contributed by atoms with E-state index in [-0.39, 0.29) is 11.5 Å². The van der Waals surface area contributed by atoms with E-state index in [9.17, 15) is 10.2 Å². The second-order valence-electron chi connectivity index (χ2n) is 4.57. The van der Waals surface area contributed by atoms with E-state index in [1.165, 1.54) is 6.07 Å². The van der Waals surface area contributed by atoms with E-state index in [1.54, 1.807) is 51.7 Å². The van der Waals surface area contributed by atoms with E-state index in [0.29, 0.717) is 22.8 Å². The van der Waals surface area contributed by atoms with Gasteiger partial charge in [-0.05, 0) is 35.4 Å². The van der Waals surface area contributed by atoms with E-state index in [2.05, 4.69) is 0 Å². The number of hydrogen-bond acceptors (Lipinski definition) is 5. The van der Waals surface area contributed by atoms with E-state index < -0.39 is 0 Å². The molecule has 0 fully saturated rings. The first kappa shape index (κ1) is 15.6. The molecule has 0 aliphatic rings. The second-order valence-corrected chi connectivity index (χ2v) is 4.57. The minimum absolute atomic E-state index is 0.00421. The van der Waals surface area contributed by atoms with Gasteiger partial charge in [-0.15, -0.1) is 0 Å². The van der Waals surface area contributed by atoms with Crippen LogP contribution in [-0.2, 0) is 0 Å². The largest absolute Gasteiger partial charge is 0.508 e. The lowest BCUT2D eigenvalue weighted by molar-refractivity contribution is 0.324. The first-order chi connectivity index (χ1) is 10.6. The maximum absolute atomic E-state index is 9.47. The van der Waals surface area contributed by atoms with Crippen molar-refractivity contribution < 1.29 is 24.4 Å². The number of hydrogen-bond donors (Lipinski definition) is 2. The maximum atomic E-state index is 9.47. The highest BCUT2D eigenvalue weighted by atomic mass is 16.5. The topological polar surface area (TPSA) is 68.2 Å². The third-order valence-corrected chi connectivity index (χ3v) is 3.08. The highest BCUT2D eigenvalue weighted by Crippen LogP contribution is 2.38. The Balaban J connectivity index is 2.38. The van der Waals surface area contributed by atoms with Gasteiger partial charge in [0.1, 0.15) is 11.5 Å². The normalized spacial score (nSPS) is 10.7. The number of methoxy groups -OCH3 is 3. The average Bonchev–Trinajstić information content (AvgIpc) is 2.50. The van der Waals surface area contributed by atoms with Crippen LogP contribution in [0.2, 0.25) is 0 Å². The summed E-state index contributed by atoms with van der Waals surface area (Å²) in [7, 11) is 4.65. The van der Waals surface area contributed by atoms with Crippen LogP contribution in [0.5, 0.6) is 28.7 Å². The summed E-state index contributed by atoms with van der Waals surface area (Å²) in [6.45, 7) is 0. The van der Waals surface area contributed by atoms with Gasteiger partial charge in [-0.2, -0.15) is 0 Å². The van der Waals surface area contributed by atoms with Crippen LogP contribution in [0.3, 0.4) is 0 Å². The Hall–Kier alpha value is -2.82. The van der Waals surface area contributed by atoms with Crippen LogP contribution in [0.15, 0.2) is 30.3 Å². The maximum Gasteiger partial charge on any atom is 0.203 e. The predicted molar refractivity (Wildman–Crippen MR) is 84.8 cm³/mol. The third kappa shape index (κ3) is 3.44. The molecule has 0 aromatic heterocycles. The highest BCUT2D eigenvalue weighted by Gasteiger charge is 2.11. The van der Waals surface area contributed by atoms with Crippen molar-refractivity contribution in [1.82, 2.24) is 0 Å². The van der Waals surface area contributed by atoms with E-state index >= 15 is 0 Å². The van der Waals surface area contributed by atoms with Crippen LogP contribution in [0.4, 0.5) is 0 Å². The minimum atomic E-state index is 0.00421. The molecule has 0 heterocycles. The van der Waals surface area contributed by atoms with Crippen molar-refractivity contribution in [3.63, 3.8) is 0 Å². The number of aromatic hydroxyl groups is 2. The van der Waals surface area contributed by atoms with Gasteiger partial charge in [0.2, 0.25) is 5.75 Å². The van der Waals surface area contributed by atoms with E-state index in [0.717, 1.165) is 5.56 Å². The van der Waals surface area contributed by atoms with E-state index in [4.69, 9.17) is 14.2 Å². The minimum Gasteiger partial charge on any atom is -0.508 e. The van der Waals surface area contributed by atoms with Crippen molar-refractivity contribution in [1.29, 1.82) is 0 Å². The molecule has 0 bridgehead atoms. The summed E-state index contributed by atoms with van der Waals surface area (Å²) in [5.74, 6) is 1.65. The molecule has 116 valence electrons. The number of rotatable bonds is 5. The lowest BCUT2D eigenvalue weighted by Gasteiger charge is -2.12. The summed E-state index contributed by atoms with van der Waals surface area (Å²) in [4.78, 5) is 0. The fourth-order valence-electron chi connectivity index (χ4n) is 2.10. The van der Waals surface area contributed by atoms with Crippen LogP contribution in [0, 0.1) is 0 Å². The van der Waals surface area contributed by atoms with Crippen molar-refractivity contribution in [2.24, 2.45) is 0 Å². The monoisotopic (exact) mass is 302 g/mol. The molecular formula is C17H18O5. The average molecular weight is 302 g/mol. The molecule has 5 heteroatoms. The van der Waals surface area contributed by atoms with Gasteiger partial charge in [0, 0.05) is 6.07 Å². The summed E-state index contributed by atoms with van der Waals surface area (Å²) in [6, 6.07) is 7.99. The van der Waals surface area contributed by atoms with Gasteiger partial charge >= 0.3 is 0 Å². The molecule has 0 unspecified atom stereocenters. The summed E-state index contributed by atoms with van der Waals surface area (Å²) in [6.07, 6.45) is 3.58. The molecule has 0 saturated carbocycles. The number of phenolic OH excluding ortho intramolecular Hbond substituents is 2. The predicted octanol–water partition coefficient (Wildman–Crippen LogP) is 3.29. The van der Waals surface area contributed by atoms with Gasteiger partial charge < -0.3 is 24.4 Å². The Morgan fingerprint density at radius 2 is 1.14 bits per heavy atom. The first-order valence-electron chi connectivity index (χ1n) is 6.58. The van der Waals surface area contributed by atoms with Gasteiger partial charge in [-0.3, -0.25) is 0 Å². The van der Waals surface area contributed by atoms with E-state index in [1.807, 2.05) is 6.08 Å². The molecule has 22 heavy (non-hydrogen) atoms. The van der Waals surface area contributed by atoms with Crippen LogP contribution in [0.25, 0.3) is 12.2 Å². The number of benzene rings is 2. The number of ether oxygens (including phenoxy) is 3. The Morgan fingerprint density at radius 1 is 0.682 bits per heavy atom. The van der Waals surface area contributed by atoms with Crippen LogP contribution in [-0.4, -0.2) is 31.5 Å². The van der Waals surface area contributed by atoms with Gasteiger partial charge in [0.25, 0.3) is 0 Å². The molecule has 2 rings (SSSR count). The third-order valence-electron chi connectivity index (χ3n) is 3.08. The smallest absolute Gasteiger partial charge is 0.203 e. The fourth-order valence-corrected chi connectivity index (χ4v) is 2.10. The molecule has 0 aliphatic carbocycles. The second kappa shape index (κ2) is 6.76. The van der Waals surface area contributed by atoms with Crippen molar-refractivity contribution >= 4 is 12.2 Å². The zero-order chi connectivity index (χ0) is 16.1. The van der Waals surface area contributed by atoms with Gasteiger partial charge in [0.15, 0.2) is 11.5 Å².